The Kier molecular flexibility index (Phi) is 16.3. The molecule has 9 rings (SSSR count). The summed E-state index contributed by atoms with van der Waals surface area (Å²) >= 11 is 1.36. The first-order valence-corrected chi connectivity index (χ1v) is 22.9. The number of halogens is 2. The molecule has 0 aliphatic rings. The van der Waals surface area contributed by atoms with E-state index >= 15 is 0 Å². The Balaban J connectivity index is 0.000000235. The van der Waals surface area contributed by atoms with Gasteiger partial charge in [-0.2, -0.15) is 19.1 Å². The summed E-state index contributed by atoms with van der Waals surface area (Å²) in [6.07, 6.45) is 0. The fourth-order valence-electron chi connectivity index (χ4n) is 7.76. The second-order valence-electron chi connectivity index (χ2n) is 14.2. The molecule has 0 spiro atoms. The van der Waals surface area contributed by atoms with Crippen molar-refractivity contribution in [3.63, 3.8) is 0 Å². The third kappa shape index (κ3) is 9.55. The number of hydrogen-bond acceptors (Lipinski definition) is 0. The van der Waals surface area contributed by atoms with E-state index in [1.54, 1.807) is 6.92 Å². The molecule has 282 valence electrons. The van der Waals surface area contributed by atoms with E-state index in [0.29, 0.717) is 5.92 Å². The summed E-state index contributed by atoms with van der Waals surface area (Å²) in [5.74, 6) is 0.578. The molecule has 56 heavy (non-hydrogen) atoms. The van der Waals surface area contributed by atoms with Crippen LogP contribution in [0.5, 0.6) is 0 Å². The number of fused-ring (bicyclic) bond motifs is 4. The molecule has 0 nitrogen and oxygen atoms in total. The number of rotatable bonds is 4. The van der Waals surface area contributed by atoms with Crippen LogP contribution in [0.25, 0.3) is 76.5 Å². The van der Waals surface area contributed by atoms with Crippen molar-refractivity contribution in [1.29, 1.82) is 0 Å². The molecular formula is C52H49Cl2SiZr-3. The van der Waals surface area contributed by atoms with E-state index in [9.17, 15) is 0 Å². The van der Waals surface area contributed by atoms with Crippen LogP contribution in [0.3, 0.4) is 0 Å². The SMILES string of the molecule is Cc1cc(C)cc(-c2cccc3[cH-]c(C(C)C)cc23)c1.Cc1cc2c(-c3cccc4ccccc34)cc(-c3cccc4ccccc34)cc2[cH-]1.Cl.Cl.[CH2-]C.[Si]=[Zr]. The zero-order valence-electron chi connectivity index (χ0n) is 33.1. The summed E-state index contributed by atoms with van der Waals surface area (Å²) in [5, 5.41) is 10.5. The van der Waals surface area contributed by atoms with Gasteiger partial charge in [0.15, 0.2) is 0 Å². The van der Waals surface area contributed by atoms with E-state index in [1.807, 2.05) is 0 Å². The van der Waals surface area contributed by atoms with Crippen LogP contribution in [0.1, 0.15) is 48.9 Å². The Hall–Kier alpha value is -4.04. The molecule has 0 saturated heterocycles. The molecule has 0 aromatic heterocycles. The van der Waals surface area contributed by atoms with E-state index in [1.165, 1.54) is 122 Å². The van der Waals surface area contributed by atoms with Crippen molar-refractivity contribution in [2.24, 2.45) is 0 Å². The molecule has 0 heterocycles. The van der Waals surface area contributed by atoms with Crippen LogP contribution < -0.4 is 0 Å². The monoisotopic (exact) mass is 861 g/mol. The van der Waals surface area contributed by atoms with Crippen molar-refractivity contribution in [1.82, 2.24) is 0 Å². The van der Waals surface area contributed by atoms with Gasteiger partial charge in [-0.05, 0) is 58.0 Å². The Labute approximate surface area is 363 Å². The predicted octanol–water partition coefficient (Wildman–Crippen LogP) is 15.8. The van der Waals surface area contributed by atoms with Crippen molar-refractivity contribution in [3.05, 3.63) is 187 Å². The number of benzene rings is 7. The molecule has 9 aromatic carbocycles. The van der Waals surface area contributed by atoms with Gasteiger partial charge in [-0.15, -0.1) is 87.8 Å². The zero-order valence-corrected chi connectivity index (χ0v) is 38.2. The standard InChI is InChI=1S/C30H21.C20H21.C2H5.2ClH.Si.Zr/c1-20-16-23-18-24(27-14-6-10-21-8-2-4-12-25(21)27)19-30(29(23)17-20)28-15-7-11-22-9-3-5-13-26(22)28;1-13(2)17-11-16-6-5-7-19(20(16)12-17)18-9-14(3)8-15(4)10-18;1-2;;;;/h2-19H,1H3;5-13H,1-4H3;1H2,2H3;2*1H;;/q3*-1;;;;. The molecule has 0 bridgehead atoms. The summed E-state index contributed by atoms with van der Waals surface area (Å²) in [6.45, 7) is 19.1. The Morgan fingerprint density at radius 1 is 0.464 bits per heavy atom. The van der Waals surface area contributed by atoms with Gasteiger partial charge in [0.05, 0.1) is 0 Å². The average Bonchev–Trinajstić information content (AvgIpc) is 3.82. The molecule has 0 aliphatic heterocycles. The fraction of sp³-hybridized carbons (Fsp3) is 0.135. The third-order valence-electron chi connectivity index (χ3n) is 10.1. The van der Waals surface area contributed by atoms with E-state index < -0.39 is 0 Å². The molecule has 0 unspecified atom stereocenters. The van der Waals surface area contributed by atoms with Gasteiger partial charge in [0.2, 0.25) is 0 Å². The normalized spacial score (nSPS) is 10.4. The van der Waals surface area contributed by atoms with E-state index in [0.717, 1.165) is 0 Å². The van der Waals surface area contributed by atoms with Crippen molar-refractivity contribution in [2.45, 2.75) is 47.5 Å². The minimum atomic E-state index is 0. The van der Waals surface area contributed by atoms with Gasteiger partial charge in [-0.1, -0.05) is 164 Å². The summed E-state index contributed by atoms with van der Waals surface area (Å²) < 4.78 is 0. The maximum absolute atomic E-state index is 3.25. The van der Waals surface area contributed by atoms with E-state index in [2.05, 4.69) is 206 Å². The first kappa shape index (κ1) is 44.7. The quantitative estimate of drug-likeness (QED) is 0.122. The van der Waals surface area contributed by atoms with Crippen molar-refractivity contribution in [3.8, 4) is 33.4 Å². The van der Waals surface area contributed by atoms with Crippen LogP contribution >= 0.6 is 24.8 Å². The third-order valence-corrected chi connectivity index (χ3v) is 10.1. The van der Waals surface area contributed by atoms with Crippen LogP contribution in [-0.2, 0) is 23.3 Å². The Morgan fingerprint density at radius 2 is 0.946 bits per heavy atom. The second-order valence-corrected chi connectivity index (χ2v) is 14.2. The van der Waals surface area contributed by atoms with Gasteiger partial charge in [0, 0.05) is 0 Å². The number of hydrogen-bond donors (Lipinski definition) is 0. The van der Waals surface area contributed by atoms with Gasteiger partial charge < -0.3 is 6.92 Å². The molecule has 0 saturated carbocycles. The minimum absolute atomic E-state index is 0. The van der Waals surface area contributed by atoms with Crippen molar-refractivity contribution >= 4 is 74.8 Å². The summed E-state index contributed by atoms with van der Waals surface area (Å²) in [4.78, 5) is 0. The van der Waals surface area contributed by atoms with Crippen LogP contribution in [-0.4, -0.2) is 6.88 Å². The number of aryl methyl sites for hydroxylation is 3. The van der Waals surface area contributed by atoms with E-state index in [-0.39, 0.29) is 24.8 Å². The van der Waals surface area contributed by atoms with Crippen molar-refractivity contribution < 1.29 is 23.3 Å². The Morgan fingerprint density at radius 3 is 1.55 bits per heavy atom. The van der Waals surface area contributed by atoms with Crippen LogP contribution in [0.4, 0.5) is 0 Å². The van der Waals surface area contributed by atoms with Crippen LogP contribution in [0, 0.1) is 27.7 Å². The van der Waals surface area contributed by atoms with Gasteiger partial charge in [0.25, 0.3) is 0 Å². The van der Waals surface area contributed by atoms with Gasteiger partial charge in [-0.3, -0.25) is 0 Å². The van der Waals surface area contributed by atoms with Crippen molar-refractivity contribution in [2.75, 3.05) is 0 Å². The molecule has 0 fully saturated rings. The molecular weight excluding hydrogens is 815 g/mol. The van der Waals surface area contributed by atoms with Gasteiger partial charge in [0.1, 0.15) is 0 Å². The molecule has 4 heteroatoms. The first-order chi connectivity index (χ1) is 26.3. The maximum atomic E-state index is 3.25. The summed E-state index contributed by atoms with van der Waals surface area (Å²) in [7, 11) is 0. The molecule has 9 aromatic rings. The average molecular weight is 864 g/mol. The molecule has 0 aliphatic carbocycles. The van der Waals surface area contributed by atoms with E-state index in [4.69, 9.17) is 0 Å². The van der Waals surface area contributed by atoms with Gasteiger partial charge in [-0.25, -0.2) is 0 Å². The molecule has 0 N–H and O–H groups in total. The zero-order chi connectivity index (χ0) is 38.4. The fourth-order valence-corrected chi connectivity index (χ4v) is 7.76. The van der Waals surface area contributed by atoms with Gasteiger partial charge >= 0.3 is 30.2 Å². The second kappa shape index (κ2) is 20.4. The summed E-state index contributed by atoms with van der Waals surface area (Å²) in [6, 6.07) is 58.0. The van der Waals surface area contributed by atoms with Crippen LogP contribution in [0.2, 0.25) is 0 Å². The molecule has 0 atom stereocenters. The Bertz CT molecular complexity index is 2670. The predicted molar refractivity (Wildman–Crippen MR) is 250 cm³/mol. The molecule has 2 radical (unpaired) electrons. The summed E-state index contributed by atoms with van der Waals surface area (Å²) in [5.41, 5.74) is 13.2. The topological polar surface area (TPSA) is 0 Å². The first-order valence-electron chi connectivity index (χ1n) is 18.7. The molecule has 0 amide bonds. The van der Waals surface area contributed by atoms with Crippen LogP contribution in [0.15, 0.2) is 158 Å².